The predicted octanol–water partition coefficient (Wildman–Crippen LogP) is 0.451. The Hall–Kier alpha value is -2.64. The summed E-state index contributed by atoms with van der Waals surface area (Å²) in [5.74, 6) is -3.18. The van der Waals surface area contributed by atoms with Crippen molar-refractivity contribution in [2.45, 2.75) is 32.1 Å². The largest absolute Gasteiger partial charge is 0.478 e. The van der Waals surface area contributed by atoms with E-state index in [1.54, 1.807) is 0 Å². The predicted molar refractivity (Wildman–Crippen MR) is 82.7 cm³/mol. The summed E-state index contributed by atoms with van der Waals surface area (Å²) in [5, 5.41) is 21.8. The lowest BCUT2D eigenvalue weighted by Crippen LogP contribution is -2.22. The van der Waals surface area contributed by atoms with Crippen molar-refractivity contribution in [1.82, 2.24) is 10.6 Å². The minimum atomic E-state index is -1.16. The number of carbonyl (C=O) groups is 4. The van der Waals surface area contributed by atoms with Crippen LogP contribution in [0.4, 0.5) is 0 Å². The SMILES string of the molecule is O=C(O)C=CC(=O)NCCCCCCCNC(=O)C=CC(=O)O. The molecule has 0 unspecified atom stereocenters. The van der Waals surface area contributed by atoms with Crippen molar-refractivity contribution in [3.8, 4) is 0 Å². The third-order valence-electron chi connectivity index (χ3n) is 2.71. The molecular formula is C15H22N2O6. The van der Waals surface area contributed by atoms with Crippen LogP contribution in [0.5, 0.6) is 0 Å². The van der Waals surface area contributed by atoms with Gasteiger partial charge in [-0.3, -0.25) is 9.59 Å². The highest BCUT2D eigenvalue weighted by atomic mass is 16.4. The molecule has 0 aliphatic rings. The quantitative estimate of drug-likeness (QED) is 0.304. The topological polar surface area (TPSA) is 133 Å². The molecule has 0 radical (unpaired) electrons. The van der Waals surface area contributed by atoms with E-state index in [0.29, 0.717) is 13.1 Å². The number of nitrogens with one attached hydrogen (secondary N) is 2. The monoisotopic (exact) mass is 326 g/mol. The van der Waals surface area contributed by atoms with E-state index in [1.807, 2.05) is 0 Å². The molecule has 0 rings (SSSR count). The van der Waals surface area contributed by atoms with Crippen molar-refractivity contribution >= 4 is 23.8 Å². The Morgan fingerprint density at radius 2 is 0.957 bits per heavy atom. The summed E-state index contributed by atoms with van der Waals surface area (Å²) >= 11 is 0. The van der Waals surface area contributed by atoms with Gasteiger partial charge in [0.15, 0.2) is 0 Å². The molecule has 0 saturated heterocycles. The van der Waals surface area contributed by atoms with E-state index in [-0.39, 0.29) is 0 Å². The number of unbranched alkanes of at least 4 members (excludes halogenated alkanes) is 4. The van der Waals surface area contributed by atoms with E-state index in [2.05, 4.69) is 10.6 Å². The molecular weight excluding hydrogens is 304 g/mol. The standard InChI is InChI=1S/C15H22N2O6/c18-12(6-8-14(20)21)16-10-4-2-1-3-5-11-17-13(19)7-9-15(22)23/h6-9H,1-5,10-11H2,(H,16,18)(H,17,19)(H,20,21)(H,22,23). The molecule has 0 aromatic carbocycles. The molecule has 23 heavy (non-hydrogen) atoms. The smallest absolute Gasteiger partial charge is 0.328 e. The third kappa shape index (κ3) is 15.6. The van der Waals surface area contributed by atoms with Crippen LogP contribution in [0.2, 0.25) is 0 Å². The first-order valence-corrected chi connectivity index (χ1v) is 7.29. The first-order valence-electron chi connectivity index (χ1n) is 7.29. The lowest BCUT2D eigenvalue weighted by atomic mass is 10.1. The molecule has 8 heteroatoms. The Morgan fingerprint density at radius 1 is 0.609 bits per heavy atom. The van der Waals surface area contributed by atoms with Gasteiger partial charge in [-0.1, -0.05) is 19.3 Å². The number of hydrogen-bond acceptors (Lipinski definition) is 4. The molecule has 0 heterocycles. The van der Waals surface area contributed by atoms with Crippen molar-refractivity contribution in [3.05, 3.63) is 24.3 Å². The molecule has 4 N–H and O–H groups in total. The Labute approximate surface area is 134 Å². The zero-order valence-corrected chi connectivity index (χ0v) is 12.8. The molecule has 128 valence electrons. The van der Waals surface area contributed by atoms with E-state index in [4.69, 9.17) is 10.2 Å². The number of amides is 2. The van der Waals surface area contributed by atoms with Gasteiger partial charge in [-0.2, -0.15) is 0 Å². The van der Waals surface area contributed by atoms with Gasteiger partial charge >= 0.3 is 11.9 Å². The van der Waals surface area contributed by atoms with Crippen LogP contribution in [-0.4, -0.2) is 47.1 Å². The summed E-state index contributed by atoms with van der Waals surface area (Å²) in [6.45, 7) is 0.971. The fourth-order valence-corrected chi connectivity index (χ4v) is 1.62. The van der Waals surface area contributed by atoms with Gasteiger partial charge in [0, 0.05) is 37.4 Å². The number of carbonyl (C=O) groups excluding carboxylic acids is 2. The van der Waals surface area contributed by atoms with Gasteiger partial charge in [0.2, 0.25) is 11.8 Å². The minimum Gasteiger partial charge on any atom is -0.478 e. The summed E-state index contributed by atoms with van der Waals surface area (Å²) in [5.41, 5.74) is 0. The highest BCUT2D eigenvalue weighted by Gasteiger charge is 1.98. The van der Waals surface area contributed by atoms with Gasteiger partial charge < -0.3 is 20.8 Å². The molecule has 2 amide bonds. The molecule has 0 fully saturated rings. The van der Waals surface area contributed by atoms with E-state index in [0.717, 1.165) is 56.4 Å². The van der Waals surface area contributed by atoms with E-state index < -0.39 is 23.8 Å². The number of carboxylic acids is 2. The van der Waals surface area contributed by atoms with E-state index >= 15 is 0 Å². The maximum absolute atomic E-state index is 11.1. The maximum atomic E-state index is 11.1. The second kappa shape index (κ2) is 13.1. The highest BCUT2D eigenvalue weighted by Crippen LogP contribution is 2.01. The van der Waals surface area contributed by atoms with Crippen LogP contribution >= 0.6 is 0 Å². The lowest BCUT2D eigenvalue weighted by Gasteiger charge is -2.04. The first-order chi connectivity index (χ1) is 10.9. The number of rotatable bonds is 12. The number of aliphatic carboxylic acids is 2. The van der Waals surface area contributed by atoms with Gasteiger partial charge in [0.1, 0.15) is 0 Å². The van der Waals surface area contributed by atoms with Crippen LogP contribution in [0, 0.1) is 0 Å². The molecule has 0 atom stereocenters. The molecule has 0 spiro atoms. The molecule has 0 saturated carbocycles. The lowest BCUT2D eigenvalue weighted by molar-refractivity contribution is -0.132. The summed E-state index contributed by atoms with van der Waals surface area (Å²) in [6, 6.07) is 0. The van der Waals surface area contributed by atoms with Crippen molar-refractivity contribution in [3.63, 3.8) is 0 Å². The van der Waals surface area contributed by atoms with Gasteiger partial charge in [0.25, 0.3) is 0 Å². The Kier molecular flexibility index (Phi) is 11.6. The van der Waals surface area contributed by atoms with Gasteiger partial charge in [-0.05, 0) is 12.8 Å². The van der Waals surface area contributed by atoms with Crippen molar-refractivity contribution in [1.29, 1.82) is 0 Å². The Balaban J connectivity index is 3.43. The average Bonchev–Trinajstić information content (AvgIpc) is 2.49. The maximum Gasteiger partial charge on any atom is 0.328 e. The highest BCUT2D eigenvalue weighted by molar-refractivity contribution is 5.94. The van der Waals surface area contributed by atoms with E-state index in [9.17, 15) is 19.2 Å². The molecule has 0 aromatic heterocycles. The summed E-state index contributed by atoms with van der Waals surface area (Å²) in [4.78, 5) is 42.7. The fourth-order valence-electron chi connectivity index (χ4n) is 1.62. The zero-order valence-electron chi connectivity index (χ0n) is 12.8. The minimum absolute atomic E-state index is 0.426. The zero-order chi connectivity index (χ0) is 17.5. The van der Waals surface area contributed by atoms with E-state index in [1.165, 1.54) is 0 Å². The second-order valence-corrected chi connectivity index (χ2v) is 4.69. The number of carboxylic acid groups (broad SMARTS) is 2. The number of hydrogen-bond donors (Lipinski definition) is 4. The van der Waals surface area contributed by atoms with Crippen molar-refractivity contribution < 1.29 is 29.4 Å². The van der Waals surface area contributed by atoms with Crippen LogP contribution in [-0.2, 0) is 19.2 Å². The average molecular weight is 326 g/mol. The molecule has 0 aliphatic heterocycles. The summed E-state index contributed by atoms with van der Waals surface area (Å²) < 4.78 is 0. The van der Waals surface area contributed by atoms with Crippen molar-refractivity contribution in [2.24, 2.45) is 0 Å². The van der Waals surface area contributed by atoms with Crippen LogP contribution in [0.3, 0.4) is 0 Å². The normalized spacial score (nSPS) is 10.8. The van der Waals surface area contributed by atoms with Crippen LogP contribution in [0.15, 0.2) is 24.3 Å². The molecule has 0 aliphatic carbocycles. The fraction of sp³-hybridized carbons (Fsp3) is 0.467. The molecule has 0 bridgehead atoms. The van der Waals surface area contributed by atoms with Crippen LogP contribution in [0.25, 0.3) is 0 Å². The van der Waals surface area contributed by atoms with Crippen LogP contribution in [0.1, 0.15) is 32.1 Å². The second-order valence-electron chi connectivity index (χ2n) is 4.69. The molecule has 0 aromatic rings. The Bertz CT molecular complexity index is 429. The molecule has 8 nitrogen and oxygen atoms in total. The van der Waals surface area contributed by atoms with Crippen molar-refractivity contribution in [2.75, 3.05) is 13.1 Å². The summed E-state index contributed by atoms with van der Waals surface area (Å²) in [7, 11) is 0. The third-order valence-corrected chi connectivity index (χ3v) is 2.71. The Morgan fingerprint density at radius 3 is 1.30 bits per heavy atom. The summed E-state index contributed by atoms with van der Waals surface area (Å²) in [6.07, 6.45) is 7.88. The first kappa shape index (κ1) is 20.4. The van der Waals surface area contributed by atoms with Gasteiger partial charge in [-0.15, -0.1) is 0 Å². The van der Waals surface area contributed by atoms with Gasteiger partial charge in [0.05, 0.1) is 0 Å². The van der Waals surface area contributed by atoms with Crippen LogP contribution < -0.4 is 10.6 Å². The van der Waals surface area contributed by atoms with Gasteiger partial charge in [-0.25, -0.2) is 9.59 Å².